The summed E-state index contributed by atoms with van der Waals surface area (Å²) < 4.78 is 0. The molecule has 7 heteroatoms. The Kier molecular flexibility index (Phi) is 14.1. The van der Waals surface area contributed by atoms with Crippen molar-refractivity contribution in [1.82, 2.24) is 5.32 Å². The van der Waals surface area contributed by atoms with Crippen LogP contribution in [0, 0.1) is 17.5 Å². The zero-order valence-electron chi connectivity index (χ0n) is 11.0. The zero-order chi connectivity index (χ0) is 12.6. The molecule has 0 radical (unpaired) electrons. The summed E-state index contributed by atoms with van der Waals surface area (Å²) in [4.78, 5) is 31.7. The maximum atomic E-state index is 11.2. The molecule has 1 N–H and O–H groups in total. The maximum absolute atomic E-state index is 11.2. The van der Waals surface area contributed by atoms with Gasteiger partial charge in [-0.25, -0.2) is 0 Å². The average Bonchev–Trinajstić information content (AvgIpc) is 2.24. The van der Waals surface area contributed by atoms with Crippen LogP contribution in [0.3, 0.4) is 0 Å². The summed E-state index contributed by atoms with van der Waals surface area (Å²) in [7, 11) is 0. The van der Waals surface area contributed by atoms with Crippen molar-refractivity contribution in [2.24, 2.45) is 0 Å². The Morgan fingerprint density at radius 1 is 1.44 bits per heavy atom. The van der Waals surface area contributed by atoms with Crippen molar-refractivity contribution in [3.8, 4) is 0 Å². The molecule has 0 aliphatic rings. The van der Waals surface area contributed by atoms with E-state index >= 15 is 0 Å². The molecule has 0 aromatic heterocycles. The molecule has 0 aliphatic carbocycles. The van der Waals surface area contributed by atoms with Gasteiger partial charge in [-0.2, -0.15) is 0 Å². The molecule has 1 unspecified atom stereocenters. The topological polar surface area (TPSA) is 89.3 Å². The molecule has 0 aliphatic heterocycles. The first kappa shape index (κ1) is 22.4. The summed E-state index contributed by atoms with van der Waals surface area (Å²) in [6.07, 6.45) is 2.00. The van der Waals surface area contributed by atoms with E-state index in [0.29, 0.717) is 6.54 Å². The van der Waals surface area contributed by atoms with Gasteiger partial charge in [0.05, 0.1) is 0 Å². The average molecular weight is 428 g/mol. The third-order valence-corrected chi connectivity index (χ3v) is 2.47. The van der Waals surface area contributed by atoms with Crippen LogP contribution in [-0.2, 0) is 30.7 Å². The Morgan fingerprint density at radius 3 is 2.39 bits per heavy atom. The van der Waals surface area contributed by atoms with E-state index < -0.39 is 10.5 Å². The number of nitro groups is 1. The molecule has 0 aromatic rings. The summed E-state index contributed by atoms with van der Waals surface area (Å²) >= 11 is 0. The summed E-state index contributed by atoms with van der Waals surface area (Å²) in [5.41, 5.74) is -1.22. The minimum absolute atomic E-state index is 0. The van der Waals surface area contributed by atoms with Gasteiger partial charge >= 0.3 is 21.1 Å². The van der Waals surface area contributed by atoms with Crippen molar-refractivity contribution >= 4 is 12.2 Å². The van der Waals surface area contributed by atoms with Crippen molar-refractivity contribution in [1.29, 1.82) is 0 Å². The second kappa shape index (κ2) is 11.3. The molecule has 1 atom stereocenters. The zero-order valence-corrected chi connectivity index (χ0v) is 14.0. The fourth-order valence-electron chi connectivity index (χ4n) is 1.30. The summed E-state index contributed by atoms with van der Waals surface area (Å²) in [6.45, 7) is 3.74. The van der Waals surface area contributed by atoms with Gasteiger partial charge < -0.3 is 17.5 Å². The minimum Gasteiger partial charge on any atom is -0.542 e. The van der Waals surface area contributed by atoms with Crippen molar-refractivity contribution in [3.05, 3.63) is 17.5 Å². The quantitative estimate of drug-likeness (QED) is 0.359. The maximum Gasteiger partial charge on any atom is 2.00 e. The predicted octanol–water partition coefficient (Wildman–Crippen LogP) is 1.28. The number of nitrogens with zero attached hydrogens (tertiary/aromatic N) is 1. The smallest absolute Gasteiger partial charge is 0.542 e. The van der Waals surface area contributed by atoms with E-state index in [9.17, 15) is 19.7 Å². The number of rotatable bonds is 8. The van der Waals surface area contributed by atoms with Crippen LogP contribution >= 0.6 is 0 Å². The molecule has 0 rings (SSSR count). The monoisotopic (exact) mass is 428 g/mol. The minimum atomic E-state index is -1.22. The third kappa shape index (κ3) is 8.34. The van der Waals surface area contributed by atoms with Gasteiger partial charge in [0.25, 0.3) is 0 Å². The number of hydrogen-bond donors (Lipinski definition) is 1. The molecule has 104 valence electrons. The Labute approximate surface area is 122 Å². The summed E-state index contributed by atoms with van der Waals surface area (Å²) in [6, 6.07) is 0. The molecule has 0 bridgehead atoms. The van der Waals surface area contributed by atoms with Crippen LogP contribution in [0.1, 0.15) is 39.5 Å². The molecule has 1 amide bonds. The second-order valence-electron chi connectivity index (χ2n) is 3.85. The third-order valence-electron chi connectivity index (χ3n) is 2.47. The van der Waals surface area contributed by atoms with Crippen molar-refractivity contribution in [2.75, 3.05) is 6.54 Å². The SMILES string of the molecule is CCNC(=O)CCC(C)(CC[C-]=O)[N+](=O)[O-].[CH3-].[W+2]. The second-order valence-corrected chi connectivity index (χ2v) is 3.85. The fraction of sp³-hybridized carbons (Fsp3) is 0.727. The molecule has 18 heavy (non-hydrogen) atoms. The molecule has 6 nitrogen and oxygen atoms in total. The Bertz CT molecular complexity index is 274. The van der Waals surface area contributed by atoms with Gasteiger partial charge in [0.2, 0.25) is 11.4 Å². The number of amides is 1. The number of carbonyl (C=O) groups is 1. The number of carbonyl (C=O) groups excluding carboxylic acids is 2. The van der Waals surface area contributed by atoms with Crippen molar-refractivity contribution in [3.63, 3.8) is 0 Å². The van der Waals surface area contributed by atoms with Gasteiger partial charge in [-0.05, 0) is 13.3 Å². The predicted molar refractivity (Wildman–Crippen MR) is 64.7 cm³/mol. The first-order valence-electron chi connectivity index (χ1n) is 5.22. The van der Waals surface area contributed by atoms with E-state index in [1.54, 1.807) is 13.2 Å². The standard InChI is InChI=1S/C10H17N2O4.CH3.W/c1-3-11-9(14)5-7-10(2,12(15)16)6-4-8-13;;/h3-7H2,1-2H3,(H,11,14);1H3;/q2*-1;+2. The van der Waals surface area contributed by atoms with E-state index in [-0.39, 0.29) is 60.1 Å². The van der Waals surface area contributed by atoms with E-state index in [2.05, 4.69) is 5.32 Å². The fourth-order valence-corrected chi connectivity index (χ4v) is 1.30. The van der Waals surface area contributed by atoms with Gasteiger partial charge in [-0.1, -0.05) is 0 Å². The van der Waals surface area contributed by atoms with Crippen LogP contribution in [0.2, 0.25) is 0 Å². The molecule has 0 spiro atoms. The number of hydrogen-bond acceptors (Lipinski definition) is 4. The van der Waals surface area contributed by atoms with E-state index in [1.807, 2.05) is 0 Å². The van der Waals surface area contributed by atoms with Gasteiger partial charge in [0, 0.05) is 31.2 Å². The van der Waals surface area contributed by atoms with Gasteiger partial charge in [-0.15, -0.1) is 6.42 Å². The van der Waals surface area contributed by atoms with E-state index in [0.717, 1.165) is 0 Å². The molecular weight excluding hydrogens is 408 g/mol. The summed E-state index contributed by atoms with van der Waals surface area (Å²) in [5, 5.41) is 13.4. The molecule has 0 saturated carbocycles. The van der Waals surface area contributed by atoms with Crippen LogP contribution in [-0.4, -0.2) is 29.2 Å². The van der Waals surface area contributed by atoms with Gasteiger partial charge in [-0.3, -0.25) is 21.2 Å². The Balaban J connectivity index is -0.00000112. The van der Waals surface area contributed by atoms with Crippen LogP contribution in [0.4, 0.5) is 0 Å². The molecule has 0 heterocycles. The van der Waals surface area contributed by atoms with Crippen LogP contribution < -0.4 is 5.32 Å². The van der Waals surface area contributed by atoms with E-state index in [1.165, 1.54) is 6.92 Å². The Morgan fingerprint density at radius 2 is 2.00 bits per heavy atom. The van der Waals surface area contributed by atoms with Crippen molar-refractivity contribution in [2.45, 2.75) is 45.1 Å². The van der Waals surface area contributed by atoms with E-state index in [4.69, 9.17) is 0 Å². The van der Waals surface area contributed by atoms with Crippen LogP contribution in [0.25, 0.3) is 0 Å². The summed E-state index contributed by atoms with van der Waals surface area (Å²) in [5.74, 6) is -0.203. The first-order valence-corrected chi connectivity index (χ1v) is 5.22. The van der Waals surface area contributed by atoms with Gasteiger partial charge in [0.1, 0.15) is 0 Å². The number of nitrogens with one attached hydrogen (secondary N) is 1. The molecule has 0 saturated heterocycles. The van der Waals surface area contributed by atoms with Crippen molar-refractivity contribution < 1.29 is 35.6 Å². The normalized spacial score (nSPS) is 12.3. The first-order chi connectivity index (χ1) is 7.46. The van der Waals surface area contributed by atoms with Crippen LogP contribution in [0.15, 0.2) is 0 Å². The molecular formula is C11H20N2O4W. The molecule has 0 fully saturated rings. The Hall–Kier alpha value is -0.772. The van der Waals surface area contributed by atoms with Crippen LogP contribution in [0.5, 0.6) is 0 Å². The largest absolute Gasteiger partial charge is 2.00 e. The van der Waals surface area contributed by atoms with Gasteiger partial charge in [0.15, 0.2) is 0 Å². The molecule has 0 aromatic carbocycles.